The molecule has 0 unspecified atom stereocenters. The molecule has 0 spiro atoms. The van der Waals surface area contributed by atoms with E-state index in [1.165, 1.54) is 0 Å². The van der Waals surface area contributed by atoms with Crippen molar-refractivity contribution in [2.24, 2.45) is 0 Å². The third-order valence-electron chi connectivity index (χ3n) is 3.87. The molecule has 0 aromatic heterocycles. The summed E-state index contributed by atoms with van der Waals surface area (Å²) < 4.78 is 5.76. The van der Waals surface area contributed by atoms with Crippen LogP contribution in [0.15, 0.2) is 42.5 Å². The van der Waals surface area contributed by atoms with Gasteiger partial charge in [-0.05, 0) is 43.0 Å². The third-order valence-corrected chi connectivity index (χ3v) is 3.87. The first-order valence-corrected chi connectivity index (χ1v) is 8.29. The van der Waals surface area contributed by atoms with E-state index in [1.807, 2.05) is 43.3 Å². The molecule has 0 atom stereocenters. The van der Waals surface area contributed by atoms with E-state index in [0.717, 1.165) is 36.1 Å². The topological polar surface area (TPSA) is 38.3 Å². The monoisotopic (exact) mass is 311 g/mol. The zero-order valence-electron chi connectivity index (χ0n) is 14.2. The molecule has 0 aliphatic heterocycles. The van der Waals surface area contributed by atoms with Gasteiger partial charge < -0.3 is 10.1 Å². The summed E-state index contributed by atoms with van der Waals surface area (Å²) in [7, 11) is 0. The van der Waals surface area contributed by atoms with E-state index in [1.54, 1.807) is 6.07 Å². The Morgan fingerprint density at radius 1 is 1.09 bits per heavy atom. The Morgan fingerprint density at radius 3 is 2.61 bits per heavy atom. The molecule has 0 aliphatic rings. The highest BCUT2D eigenvalue weighted by molar-refractivity contribution is 6.06. The Bertz CT molecular complexity index is 664. The van der Waals surface area contributed by atoms with Crippen molar-refractivity contribution in [1.82, 2.24) is 0 Å². The smallest absolute Gasteiger partial charge is 0.259 e. The van der Waals surface area contributed by atoms with Gasteiger partial charge in [0.25, 0.3) is 5.91 Å². The number of rotatable bonds is 7. The molecule has 1 N–H and O–H groups in total. The predicted octanol–water partition coefficient (Wildman–Crippen LogP) is 4.99. The fourth-order valence-electron chi connectivity index (χ4n) is 2.49. The van der Waals surface area contributed by atoms with Crippen molar-refractivity contribution < 1.29 is 9.53 Å². The van der Waals surface area contributed by atoms with E-state index in [0.29, 0.717) is 17.9 Å². The maximum Gasteiger partial charge on any atom is 0.259 e. The summed E-state index contributed by atoms with van der Waals surface area (Å²) in [5.74, 6) is 0.520. The number of para-hydroxylation sites is 2. The highest BCUT2D eigenvalue weighted by atomic mass is 16.5. The summed E-state index contributed by atoms with van der Waals surface area (Å²) in [4.78, 5) is 12.7. The van der Waals surface area contributed by atoms with Crippen LogP contribution in [0.1, 0.15) is 48.2 Å². The second kappa shape index (κ2) is 8.37. The van der Waals surface area contributed by atoms with Gasteiger partial charge in [-0.15, -0.1) is 0 Å². The molecule has 0 saturated heterocycles. The minimum absolute atomic E-state index is 0.124. The number of carbonyl (C=O) groups excluding carboxylic acids is 1. The maximum atomic E-state index is 12.7. The van der Waals surface area contributed by atoms with Crippen molar-refractivity contribution in [3.05, 3.63) is 59.2 Å². The molecule has 3 heteroatoms. The van der Waals surface area contributed by atoms with Crippen LogP contribution in [0.5, 0.6) is 5.75 Å². The van der Waals surface area contributed by atoms with E-state index in [4.69, 9.17) is 4.74 Å². The molecule has 122 valence electrons. The summed E-state index contributed by atoms with van der Waals surface area (Å²) in [6, 6.07) is 13.5. The molecule has 0 radical (unpaired) electrons. The maximum absolute atomic E-state index is 12.7. The molecule has 1 amide bonds. The second-order valence-electron chi connectivity index (χ2n) is 5.61. The van der Waals surface area contributed by atoms with Gasteiger partial charge in [0.2, 0.25) is 0 Å². The van der Waals surface area contributed by atoms with Crippen LogP contribution in [0.3, 0.4) is 0 Å². The number of nitrogens with one attached hydrogen (secondary N) is 1. The zero-order chi connectivity index (χ0) is 16.7. The zero-order valence-corrected chi connectivity index (χ0v) is 14.2. The lowest BCUT2D eigenvalue weighted by Crippen LogP contribution is -2.16. The van der Waals surface area contributed by atoms with Gasteiger partial charge >= 0.3 is 0 Å². The van der Waals surface area contributed by atoms with Crippen molar-refractivity contribution in [3.8, 4) is 5.75 Å². The number of aryl methyl sites for hydroxylation is 2. The van der Waals surface area contributed by atoms with Gasteiger partial charge in [-0.25, -0.2) is 0 Å². The average Bonchev–Trinajstić information content (AvgIpc) is 2.57. The van der Waals surface area contributed by atoms with Crippen LogP contribution >= 0.6 is 0 Å². The fraction of sp³-hybridized carbons (Fsp3) is 0.350. The number of amides is 1. The molecule has 0 aliphatic carbocycles. The van der Waals surface area contributed by atoms with Crippen LogP contribution in [0.4, 0.5) is 5.69 Å². The minimum Gasteiger partial charge on any atom is -0.493 e. The highest BCUT2D eigenvalue weighted by Gasteiger charge is 2.14. The first kappa shape index (κ1) is 17.1. The van der Waals surface area contributed by atoms with Crippen LogP contribution in [-0.4, -0.2) is 12.5 Å². The van der Waals surface area contributed by atoms with Crippen LogP contribution in [0.2, 0.25) is 0 Å². The van der Waals surface area contributed by atoms with Crippen molar-refractivity contribution in [1.29, 1.82) is 0 Å². The van der Waals surface area contributed by atoms with Gasteiger partial charge in [-0.2, -0.15) is 0 Å². The summed E-state index contributed by atoms with van der Waals surface area (Å²) in [6.45, 7) is 6.85. The van der Waals surface area contributed by atoms with E-state index in [9.17, 15) is 4.79 Å². The Kier molecular flexibility index (Phi) is 6.21. The molecule has 0 bridgehead atoms. The normalized spacial score (nSPS) is 10.4. The summed E-state index contributed by atoms with van der Waals surface area (Å²) >= 11 is 0. The number of ether oxygens (including phenoxy) is 1. The van der Waals surface area contributed by atoms with E-state index in [2.05, 4.69) is 19.2 Å². The summed E-state index contributed by atoms with van der Waals surface area (Å²) in [6.07, 6.45) is 2.93. The van der Waals surface area contributed by atoms with Gasteiger partial charge in [-0.3, -0.25) is 4.79 Å². The van der Waals surface area contributed by atoms with Crippen LogP contribution in [0, 0.1) is 6.92 Å². The van der Waals surface area contributed by atoms with Gasteiger partial charge in [0.1, 0.15) is 5.75 Å². The summed E-state index contributed by atoms with van der Waals surface area (Å²) in [5.41, 5.74) is 3.70. The molecule has 0 saturated carbocycles. The molecule has 2 aromatic rings. The predicted molar refractivity (Wildman–Crippen MR) is 95.4 cm³/mol. The molecule has 3 nitrogen and oxygen atoms in total. The lowest BCUT2D eigenvalue weighted by Gasteiger charge is -2.15. The van der Waals surface area contributed by atoms with Crippen LogP contribution in [0.25, 0.3) is 0 Å². The Balaban J connectivity index is 2.22. The highest BCUT2D eigenvalue weighted by Crippen LogP contribution is 2.24. The minimum atomic E-state index is -0.124. The van der Waals surface area contributed by atoms with Gasteiger partial charge in [0, 0.05) is 5.69 Å². The Morgan fingerprint density at radius 2 is 1.87 bits per heavy atom. The number of unbranched alkanes of at least 4 members (excludes halogenated alkanes) is 1. The number of anilines is 1. The molecule has 0 fully saturated rings. The molecule has 2 aromatic carbocycles. The van der Waals surface area contributed by atoms with Crippen molar-refractivity contribution in [3.63, 3.8) is 0 Å². The SMILES string of the molecule is CCCCOc1ccccc1C(=O)Nc1c(C)cccc1CC. The third kappa shape index (κ3) is 4.35. The molecule has 0 heterocycles. The van der Waals surface area contributed by atoms with Crippen molar-refractivity contribution in [2.45, 2.75) is 40.0 Å². The number of hydrogen-bond acceptors (Lipinski definition) is 2. The quantitative estimate of drug-likeness (QED) is 0.732. The number of hydrogen-bond donors (Lipinski definition) is 1. The average molecular weight is 311 g/mol. The van der Waals surface area contributed by atoms with E-state index in [-0.39, 0.29) is 5.91 Å². The van der Waals surface area contributed by atoms with Gasteiger partial charge in [0.05, 0.1) is 12.2 Å². The fourth-order valence-corrected chi connectivity index (χ4v) is 2.49. The van der Waals surface area contributed by atoms with Crippen LogP contribution in [-0.2, 0) is 6.42 Å². The van der Waals surface area contributed by atoms with Crippen molar-refractivity contribution >= 4 is 11.6 Å². The number of carbonyl (C=O) groups is 1. The molecule has 2 rings (SSSR count). The van der Waals surface area contributed by atoms with E-state index < -0.39 is 0 Å². The Hall–Kier alpha value is -2.29. The summed E-state index contributed by atoms with van der Waals surface area (Å²) in [5, 5.41) is 3.06. The second-order valence-corrected chi connectivity index (χ2v) is 5.61. The molecule has 23 heavy (non-hydrogen) atoms. The first-order chi connectivity index (χ1) is 11.2. The van der Waals surface area contributed by atoms with Crippen LogP contribution < -0.4 is 10.1 Å². The Labute approximate surface area is 138 Å². The van der Waals surface area contributed by atoms with E-state index >= 15 is 0 Å². The number of benzene rings is 2. The largest absolute Gasteiger partial charge is 0.493 e. The van der Waals surface area contributed by atoms with Gasteiger partial charge in [-0.1, -0.05) is 50.6 Å². The van der Waals surface area contributed by atoms with Crippen molar-refractivity contribution in [2.75, 3.05) is 11.9 Å². The molecular weight excluding hydrogens is 286 g/mol. The van der Waals surface area contributed by atoms with Gasteiger partial charge in [0.15, 0.2) is 0 Å². The molecular formula is C20H25NO2. The lowest BCUT2D eigenvalue weighted by atomic mass is 10.1. The lowest BCUT2D eigenvalue weighted by molar-refractivity contribution is 0.102. The first-order valence-electron chi connectivity index (χ1n) is 8.29. The standard InChI is InChI=1S/C20H25NO2/c1-4-6-14-23-18-13-8-7-12-17(18)20(22)21-19-15(3)10-9-11-16(19)5-2/h7-13H,4-6,14H2,1-3H3,(H,21,22).